The smallest absolute Gasteiger partial charge is 0.257 e. The molecule has 4 atom stereocenters. The van der Waals surface area contributed by atoms with E-state index >= 15 is 0 Å². The standard InChI is InChI=1S/C22H23N5O2/c1-15-13-26(19-11-17(12-23)24-14-25-19)10-9-22(15)21(28)27-18(7-8-20(27)29-22)16-5-3-2-4-6-16/h2-6,11,14-15,18,20H,7-10,13H2,1H3/t15?,18-,20+,22+/m0/s1. The summed E-state index contributed by atoms with van der Waals surface area (Å²) in [5.74, 6) is 0.874. The second kappa shape index (κ2) is 6.82. The number of piperidine rings is 1. The SMILES string of the molecule is CC1CN(c2cc(C#N)ncn2)CC[C@@]12O[C@@H]1CC[C@@H](c3ccccc3)N1C2=O. The van der Waals surface area contributed by atoms with Gasteiger partial charge in [0.2, 0.25) is 0 Å². The average Bonchev–Trinajstić information content (AvgIpc) is 3.29. The molecule has 2 aromatic rings. The summed E-state index contributed by atoms with van der Waals surface area (Å²) in [6, 6.07) is 14.1. The second-order valence-corrected chi connectivity index (χ2v) is 8.15. The normalized spacial score (nSPS) is 31.2. The lowest BCUT2D eigenvalue weighted by atomic mass is 9.81. The maximum absolute atomic E-state index is 13.6. The van der Waals surface area contributed by atoms with Crippen LogP contribution in [0.3, 0.4) is 0 Å². The van der Waals surface area contributed by atoms with Gasteiger partial charge in [-0.2, -0.15) is 5.26 Å². The predicted octanol–water partition coefficient (Wildman–Crippen LogP) is 2.65. The molecule has 29 heavy (non-hydrogen) atoms. The van der Waals surface area contributed by atoms with E-state index < -0.39 is 5.60 Å². The van der Waals surface area contributed by atoms with E-state index in [2.05, 4.69) is 40.0 Å². The van der Waals surface area contributed by atoms with Crippen LogP contribution in [-0.2, 0) is 9.53 Å². The third-order valence-electron chi connectivity index (χ3n) is 6.59. The van der Waals surface area contributed by atoms with Gasteiger partial charge in [-0.1, -0.05) is 37.3 Å². The van der Waals surface area contributed by atoms with Crippen molar-refractivity contribution < 1.29 is 9.53 Å². The van der Waals surface area contributed by atoms with Gasteiger partial charge in [0.15, 0.2) is 5.60 Å². The van der Waals surface area contributed by atoms with Crippen molar-refractivity contribution in [2.75, 3.05) is 18.0 Å². The summed E-state index contributed by atoms with van der Waals surface area (Å²) in [7, 11) is 0. The first-order valence-electron chi connectivity index (χ1n) is 10.1. The molecule has 1 unspecified atom stereocenters. The molecule has 0 aliphatic carbocycles. The van der Waals surface area contributed by atoms with Crippen LogP contribution in [0, 0.1) is 17.2 Å². The summed E-state index contributed by atoms with van der Waals surface area (Å²) in [5.41, 5.74) is 0.765. The number of hydrogen-bond donors (Lipinski definition) is 0. The van der Waals surface area contributed by atoms with Crippen molar-refractivity contribution in [2.45, 2.75) is 44.1 Å². The molecule has 1 spiro atoms. The molecule has 3 fully saturated rings. The monoisotopic (exact) mass is 389 g/mol. The fourth-order valence-corrected chi connectivity index (χ4v) is 5.08. The van der Waals surface area contributed by atoms with Crippen molar-refractivity contribution in [3.05, 3.63) is 54.0 Å². The second-order valence-electron chi connectivity index (χ2n) is 8.15. The van der Waals surface area contributed by atoms with Gasteiger partial charge in [-0.25, -0.2) is 9.97 Å². The lowest BCUT2D eigenvalue weighted by Crippen LogP contribution is -2.56. The van der Waals surface area contributed by atoms with Crippen LogP contribution < -0.4 is 4.90 Å². The molecule has 7 heteroatoms. The topological polar surface area (TPSA) is 82.3 Å². The van der Waals surface area contributed by atoms with Gasteiger partial charge in [-0.15, -0.1) is 0 Å². The molecule has 3 aliphatic heterocycles. The molecule has 0 saturated carbocycles. The Morgan fingerprint density at radius 2 is 2.07 bits per heavy atom. The van der Waals surface area contributed by atoms with Gasteiger partial charge < -0.3 is 14.5 Å². The number of rotatable bonds is 2. The summed E-state index contributed by atoms with van der Waals surface area (Å²) >= 11 is 0. The van der Waals surface area contributed by atoms with Crippen molar-refractivity contribution in [2.24, 2.45) is 5.92 Å². The number of carbonyl (C=O) groups excluding carboxylic acids is 1. The Morgan fingerprint density at radius 1 is 1.24 bits per heavy atom. The third-order valence-corrected chi connectivity index (χ3v) is 6.59. The van der Waals surface area contributed by atoms with Crippen LogP contribution in [0.25, 0.3) is 0 Å². The van der Waals surface area contributed by atoms with E-state index in [1.54, 1.807) is 6.07 Å². The van der Waals surface area contributed by atoms with Crippen molar-refractivity contribution in [1.29, 1.82) is 5.26 Å². The molecule has 0 bridgehead atoms. The average molecular weight is 389 g/mol. The number of amides is 1. The fourth-order valence-electron chi connectivity index (χ4n) is 5.08. The van der Waals surface area contributed by atoms with E-state index in [4.69, 9.17) is 10.00 Å². The molecule has 4 heterocycles. The van der Waals surface area contributed by atoms with Crippen LogP contribution in [0.1, 0.15) is 43.5 Å². The van der Waals surface area contributed by atoms with Gasteiger partial charge >= 0.3 is 0 Å². The Hall–Kier alpha value is -2.98. The maximum Gasteiger partial charge on any atom is 0.257 e. The minimum absolute atomic E-state index is 0.0197. The van der Waals surface area contributed by atoms with Gasteiger partial charge in [0, 0.05) is 31.5 Å². The molecular weight excluding hydrogens is 366 g/mol. The summed E-state index contributed by atoms with van der Waals surface area (Å²) in [4.78, 5) is 26.0. The van der Waals surface area contributed by atoms with E-state index in [-0.39, 0.29) is 24.1 Å². The van der Waals surface area contributed by atoms with Gasteiger partial charge in [-0.3, -0.25) is 4.79 Å². The quantitative estimate of drug-likeness (QED) is 0.785. The predicted molar refractivity (Wildman–Crippen MR) is 106 cm³/mol. The van der Waals surface area contributed by atoms with Crippen LogP contribution in [0.15, 0.2) is 42.7 Å². The number of nitriles is 1. The summed E-state index contributed by atoms with van der Waals surface area (Å²) in [6.45, 7) is 3.40. The molecule has 3 saturated heterocycles. The van der Waals surface area contributed by atoms with Crippen molar-refractivity contribution in [1.82, 2.24) is 14.9 Å². The number of hydrogen-bond acceptors (Lipinski definition) is 6. The van der Waals surface area contributed by atoms with E-state index in [9.17, 15) is 4.79 Å². The molecule has 148 valence electrons. The number of aromatic nitrogens is 2. The number of fused-ring (bicyclic) bond motifs is 1. The number of anilines is 1. The van der Waals surface area contributed by atoms with Crippen LogP contribution in [0.5, 0.6) is 0 Å². The first-order chi connectivity index (χ1) is 14.1. The molecule has 0 radical (unpaired) electrons. The summed E-state index contributed by atoms with van der Waals surface area (Å²) in [5, 5.41) is 9.10. The Labute approximate surface area is 169 Å². The highest BCUT2D eigenvalue weighted by Gasteiger charge is 2.60. The molecule has 1 aromatic carbocycles. The van der Waals surface area contributed by atoms with Crippen molar-refractivity contribution >= 4 is 11.7 Å². The zero-order valence-corrected chi connectivity index (χ0v) is 16.4. The van der Waals surface area contributed by atoms with Crippen LogP contribution in [0.4, 0.5) is 5.82 Å². The third kappa shape index (κ3) is 2.78. The van der Waals surface area contributed by atoms with Gasteiger partial charge in [0.1, 0.15) is 30.1 Å². The fraction of sp³-hybridized carbons (Fsp3) is 0.455. The van der Waals surface area contributed by atoms with E-state index in [1.807, 2.05) is 23.1 Å². The molecule has 3 aliphatic rings. The number of ether oxygens (including phenoxy) is 1. The van der Waals surface area contributed by atoms with Crippen LogP contribution >= 0.6 is 0 Å². The Kier molecular flexibility index (Phi) is 4.25. The van der Waals surface area contributed by atoms with E-state index in [1.165, 1.54) is 11.9 Å². The molecule has 1 amide bonds. The Morgan fingerprint density at radius 3 is 2.83 bits per heavy atom. The summed E-state index contributed by atoms with van der Waals surface area (Å²) in [6.07, 6.45) is 3.72. The van der Waals surface area contributed by atoms with Gasteiger partial charge in [0.25, 0.3) is 5.91 Å². The largest absolute Gasteiger partial charge is 0.356 e. The number of carbonyl (C=O) groups is 1. The van der Waals surface area contributed by atoms with Crippen molar-refractivity contribution in [3.8, 4) is 6.07 Å². The first-order valence-corrected chi connectivity index (χ1v) is 10.1. The molecular formula is C22H23N5O2. The minimum Gasteiger partial charge on any atom is -0.356 e. The highest BCUT2D eigenvalue weighted by Crippen LogP contribution is 2.49. The zero-order valence-electron chi connectivity index (χ0n) is 16.4. The van der Waals surface area contributed by atoms with Gasteiger partial charge in [0.05, 0.1) is 6.04 Å². The maximum atomic E-state index is 13.6. The molecule has 0 N–H and O–H groups in total. The summed E-state index contributed by atoms with van der Waals surface area (Å²) < 4.78 is 6.48. The highest BCUT2D eigenvalue weighted by molar-refractivity contribution is 5.88. The van der Waals surface area contributed by atoms with Gasteiger partial charge in [-0.05, 0) is 18.4 Å². The van der Waals surface area contributed by atoms with Crippen molar-refractivity contribution in [3.63, 3.8) is 0 Å². The number of benzene rings is 1. The zero-order chi connectivity index (χ0) is 20.0. The van der Waals surface area contributed by atoms with Crippen LogP contribution in [0.2, 0.25) is 0 Å². The Bertz CT molecular complexity index is 975. The minimum atomic E-state index is -0.764. The lowest BCUT2D eigenvalue weighted by Gasteiger charge is -2.42. The molecule has 7 nitrogen and oxygen atoms in total. The Balaban J connectivity index is 1.37. The first kappa shape index (κ1) is 18.1. The highest BCUT2D eigenvalue weighted by atomic mass is 16.6. The molecule has 5 rings (SSSR count). The lowest BCUT2D eigenvalue weighted by molar-refractivity contribution is -0.145. The van der Waals surface area contributed by atoms with E-state index in [0.717, 1.165) is 18.7 Å². The van der Waals surface area contributed by atoms with E-state index in [0.29, 0.717) is 25.2 Å². The van der Waals surface area contributed by atoms with Crippen LogP contribution in [-0.4, -0.2) is 45.7 Å². The molecule has 1 aromatic heterocycles. The number of nitrogens with zero attached hydrogens (tertiary/aromatic N) is 5.